The molecule has 0 fully saturated rings. The van der Waals surface area contributed by atoms with Crippen LogP contribution in [0.1, 0.15) is 32.4 Å². The molecule has 16 heavy (non-hydrogen) atoms. The summed E-state index contributed by atoms with van der Waals surface area (Å²) in [7, 11) is 0. The van der Waals surface area contributed by atoms with Crippen LogP contribution in [0.25, 0.3) is 0 Å². The Kier molecular flexibility index (Phi) is 4.55. The maximum absolute atomic E-state index is 11.8. The van der Waals surface area contributed by atoms with Crippen LogP contribution in [-0.2, 0) is 11.2 Å². The van der Waals surface area contributed by atoms with Crippen LogP contribution in [0, 0.1) is 0 Å². The van der Waals surface area contributed by atoms with Gasteiger partial charge in [-0.1, -0.05) is 13.8 Å². The smallest absolute Gasteiger partial charge is 0.240 e. The third-order valence-corrected chi connectivity index (χ3v) is 2.95. The lowest BCUT2D eigenvalue weighted by Crippen LogP contribution is -2.53. The van der Waals surface area contributed by atoms with Crippen molar-refractivity contribution in [3.8, 4) is 0 Å². The monoisotopic (exact) mass is 224 g/mol. The van der Waals surface area contributed by atoms with E-state index in [1.54, 1.807) is 6.26 Å². The first-order valence-corrected chi connectivity index (χ1v) is 5.72. The zero-order valence-electron chi connectivity index (χ0n) is 9.95. The number of carbonyl (C=O) groups excluding carboxylic acids is 1. The van der Waals surface area contributed by atoms with Crippen LogP contribution >= 0.6 is 0 Å². The highest BCUT2D eigenvalue weighted by Gasteiger charge is 2.29. The van der Waals surface area contributed by atoms with Crippen molar-refractivity contribution in [2.24, 2.45) is 5.73 Å². The summed E-state index contributed by atoms with van der Waals surface area (Å²) >= 11 is 0. The fourth-order valence-electron chi connectivity index (χ4n) is 1.50. The number of hydrogen-bond acceptors (Lipinski definition) is 3. The fourth-order valence-corrected chi connectivity index (χ4v) is 1.50. The van der Waals surface area contributed by atoms with Crippen LogP contribution in [0.4, 0.5) is 0 Å². The first kappa shape index (κ1) is 12.8. The standard InChI is InChI=1S/C12H20N2O2/c1-3-12(13,4-2)11(15)14-8-7-10-6-5-9-16-10/h5-6,9H,3-4,7-8,13H2,1-2H3,(H,14,15). The van der Waals surface area contributed by atoms with Crippen LogP contribution in [0.3, 0.4) is 0 Å². The van der Waals surface area contributed by atoms with Crippen molar-refractivity contribution < 1.29 is 9.21 Å². The molecule has 0 aliphatic carbocycles. The minimum absolute atomic E-state index is 0.0796. The van der Waals surface area contributed by atoms with Gasteiger partial charge >= 0.3 is 0 Å². The predicted molar refractivity (Wildman–Crippen MR) is 62.9 cm³/mol. The van der Waals surface area contributed by atoms with Gasteiger partial charge in [-0.15, -0.1) is 0 Å². The van der Waals surface area contributed by atoms with Gasteiger partial charge in [-0.3, -0.25) is 4.79 Å². The highest BCUT2D eigenvalue weighted by atomic mass is 16.3. The molecule has 1 heterocycles. The Labute approximate surface area is 96.2 Å². The molecular formula is C12H20N2O2. The molecule has 1 aromatic rings. The lowest BCUT2D eigenvalue weighted by Gasteiger charge is -2.25. The molecule has 4 heteroatoms. The highest BCUT2D eigenvalue weighted by molar-refractivity contribution is 5.85. The van der Waals surface area contributed by atoms with Gasteiger partial charge in [-0.2, -0.15) is 0 Å². The molecule has 90 valence electrons. The summed E-state index contributed by atoms with van der Waals surface area (Å²) in [5.41, 5.74) is 5.23. The lowest BCUT2D eigenvalue weighted by molar-refractivity contribution is -0.126. The minimum atomic E-state index is -0.733. The number of amides is 1. The van der Waals surface area contributed by atoms with Gasteiger partial charge in [-0.25, -0.2) is 0 Å². The molecule has 0 bridgehead atoms. The summed E-state index contributed by atoms with van der Waals surface area (Å²) in [6.07, 6.45) is 3.62. The average molecular weight is 224 g/mol. The van der Waals surface area contributed by atoms with E-state index in [0.29, 0.717) is 25.8 Å². The van der Waals surface area contributed by atoms with Gasteiger partial charge in [0.15, 0.2) is 0 Å². The first-order valence-electron chi connectivity index (χ1n) is 5.72. The second-order valence-corrected chi connectivity index (χ2v) is 3.95. The Bertz CT molecular complexity index is 316. The molecule has 4 nitrogen and oxygen atoms in total. The Balaban J connectivity index is 2.35. The second kappa shape index (κ2) is 5.70. The molecule has 0 radical (unpaired) electrons. The fraction of sp³-hybridized carbons (Fsp3) is 0.583. The number of hydrogen-bond donors (Lipinski definition) is 2. The van der Waals surface area contributed by atoms with E-state index in [9.17, 15) is 4.79 Å². The van der Waals surface area contributed by atoms with Crippen molar-refractivity contribution in [1.82, 2.24) is 5.32 Å². The van der Waals surface area contributed by atoms with Crippen molar-refractivity contribution in [3.05, 3.63) is 24.2 Å². The van der Waals surface area contributed by atoms with Gasteiger partial charge < -0.3 is 15.5 Å². The maximum atomic E-state index is 11.8. The number of nitrogens with one attached hydrogen (secondary N) is 1. The number of carbonyl (C=O) groups is 1. The van der Waals surface area contributed by atoms with E-state index < -0.39 is 5.54 Å². The molecule has 0 spiro atoms. The second-order valence-electron chi connectivity index (χ2n) is 3.95. The highest BCUT2D eigenvalue weighted by Crippen LogP contribution is 2.11. The molecule has 0 saturated carbocycles. The number of rotatable bonds is 6. The van der Waals surface area contributed by atoms with Gasteiger partial charge in [-0.05, 0) is 25.0 Å². The van der Waals surface area contributed by atoms with Gasteiger partial charge in [0.05, 0.1) is 11.8 Å². The molecule has 0 saturated heterocycles. The molecule has 0 atom stereocenters. The third kappa shape index (κ3) is 3.10. The van der Waals surface area contributed by atoms with Gasteiger partial charge in [0, 0.05) is 13.0 Å². The summed E-state index contributed by atoms with van der Waals surface area (Å²) < 4.78 is 5.17. The van der Waals surface area contributed by atoms with Crippen LogP contribution in [-0.4, -0.2) is 18.0 Å². The zero-order valence-corrected chi connectivity index (χ0v) is 9.95. The van der Waals surface area contributed by atoms with Crippen LogP contribution in [0.15, 0.2) is 22.8 Å². The van der Waals surface area contributed by atoms with E-state index >= 15 is 0 Å². The molecular weight excluding hydrogens is 204 g/mol. The van der Waals surface area contributed by atoms with Crippen LogP contribution < -0.4 is 11.1 Å². The van der Waals surface area contributed by atoms with E-state index in [0.717, 1.165) is 5.76 Å². The average Bonchev–Trinajstić information content (AvgIpc) is 2.80. The molecule has 1 aromatic heterocycles. The summed E-state index contributed by atoms with van der Waals surface area (Å²) in [5.74, 6) is 0.792. The van der Waals surface area contributed by atoms with E-state index in [1.807, 2.05) is 26.0 Å². The summed E-state index contributed by atoms with van der Waals surface area (Å²) in [5, 5.41) is 2.84. The number of nitrogens with two attached hydrogens (primary N) is 1. The van der Waals surface area contributed by atoms with E-state index in [1.165, 1.54) is 0 Å². The van der Waals surface area contributed by atoms with Gasteiger partial charge in [0.2, 0.25) is 5.91 Å². The quantitative estimate of drug-likeness (QED) is 0.768. The molecule has 1 amide bonds. The zero-order chi connectivity index (χ0) is 12.0. The van der Waals surface area contributed by atoms with Crippen molar-refractivity contribution in [2.45, 2.75) is 38.6 Å². The van der Waals surface area contributed by atoms with E-state index in [4.69, 9.17) is 10.2 Å². The SMILES string of the molecule is CCC(N)(CC)C(=O)NCCc1ccco1. The predicted octanol–water partition coefficient (Wildman–Crippen LogP) is 1.46. The Morgan fingerprint density at radius 3 is 2.69 bits per heavy atom. The Morgan fingerprint density at radius 1 is 1.50 bits per heavy atom. The van der Waals surface area contributed by atoms with E-state index in [2.05, 4.69) is 5.32 Å². The normalized spacial score (nSPS) is 11.4. The molecule has 0 aliphatic rings. The molecule has 3 N–H and O–H groups in total. The molecule has 0 unspecified atom stereocenters. The number of furan rings is 1. The molecule has 1 rings (SSSR count). The maximum Gasteiger partial charge on any atom is 0.240 e. The van der Waals surface area contributed by atoms with Gasteiger partial charge in [0.1, 0.15) is 5.76 Å². The summed E-state index contributed by atoms with van der Waals surface area (Å²) in [6, 6.07) is 3.73. The van der Waals surface area contributed by atoms with Crippen molar-refractivity contribution in [2.75, 3.05) is 6.54 Å². The first-order chi connectivity index (χ1) is 7.62. The summed E-state index contributed by atoms with van der Waals surface area (Å²) in [6.45, 7) is 4.41. The largest absolute Gasteiger partial charge is 0.469 e. The van der Waals surface area contributed by atoms with Crippen LogP contribution in [0.2, 0.25) is 0 Å². The summed E-state index contributed by atoms with van der Waals surface area (Å²) in [4.78, 5) is 11.8. The lowest BCUT2D eigenvalue weighted by atomic mass is 9.93. The van der Waals surface area contributed by atoms with Crippen molar-refractivity contribution in [1.29, 1.82) is 0 Å². The topological polar surface area (TPSA) is 68.3 Å². The Hall–Kier alpha value is -1.29. The van der Waals surface area contributed by atoms with Crippen molar-refractivity contribution in [3.63, 3.8) is 0 Å². The van der Waals surface area contributed by atoms with E-state index in [-0.39, 0.29) is 5.91 Å². The third-order valence-electron chi connectivity index (χ3n) is 2.95. The molecule has 0 aromatic carbocycles. The van der Waals surface area contributed by atoms with Crippen molar-refractivity contribution >= 4 is 5.91 Å². The van der Waals surface area contributed by atoms with Gasteiger partial charge in [0.25, 0.3) is 0 Å². The van der Waals surface area contributed by atoms with Crippen LogP contribution in [0.5, 0.6) is 0 Å². The minimum Gasteiger partial charge on any atom is -0.469 e. The Morgan fingerprint density at radius 2 is 2.19 bits per heavy atom. The molecule has 0 aliphatic heterocycles.